The molecule has 1 aliphatic rings. The van der Waals surface area contributed by atoms with Crippen LogP contribution in [0.3, 0.4) is 0 Å². The zero-order valence-corrected chi connectivity index (χ0v) is 10.8. The lowest BCUT2D eigenvalue weighted by Crippen LogP contribution is -2.42. The van der Waals surface area contributed by atoms with E-state index in [1.165, 1.54) is 0 Å². The number of halogens is 3. The van der Waals surface area contributed by atoms with Crippen molar-refractivity contribution in [1.29, 1.82) is 0 Å². The first kappa shape index (κ1) is 13.5. The molecule has 0 aliphatic carbocycles. The highest BCUT2D eigenvalue weighted by Crippen LogP contribution is 2.32. The second-order valence-corrected chi connectivity index (χ2v) is 5.34. The molecule has 1 aromatic rings. The first-order valence-electron chi connectivity index (χ1n) is 5.77. The Morgan fingerprint density at radius 2 is 2.22 bits per heavy atom. The minimum Gasteiger partial charge on any atom is -0.347 e. The summed E-state index contributed by atoms with van der Waals surface area (Å²) in [5.41, 5.74) is 5.67. The van der Waals surface area contributed by atoms with Crippen LogP contribution in [-0.2, 0) is 6.18 Å². The quantitative estimate of drug-likeness (QED) is 0.900. The summed E-state index contributed by atoms with van der Waals surface area (Å²) in [5.74, 6) is -0.247. The lowest BCUT2D eigenvalue weighted by Gasteiger charge is -2.36. The molecule has 0 radical (unpaired) electrons. The van der Waals surface area contributed by atoms with Crippen LogP contribution in [0.15, 0.2) is 0 Å². The number of nitrogens with zero attached hydrogens (tertiary/aromatic N) is 3. The van der Waals surface area contributed by atoms with E-state index >= 15 is 0 Å². The van der Waals surface area contributed by atoms with Gasteiger partial charge in [-0.2, -0.15) is 22.5 Å². The Bertz CT molecular complexity index is 406. The Hall–Kier alpha value is -0.890. The third-order valence-electron chi connectivity index (χ3n) is 3.36. The maximum atomic E-state index is 12.4. The molecule has 1 fully saturated rings. The van der Waals surface area contributed by atoms with E-state index in [1.807, 2.05) is 4.90 Å². The van der Waals surface area contributed by atoms with E-state index in [0.717, 1.165) is 18.0 Å². The molecule has 102 valence electrons. The van der Waals surface area contributed by atoms with E-state index in [-0.39, 0.29) is 0 Å². The monoisotopic (exact) mass is 280 g/mol. The van der Waals surface area contributed by atoms with Gasteiger partial charge in [-0.05, 0) is 24.8 Å². The van der Waals surface area contributed by atoms with Crippen LogP contribution in [0.25, 0.3) is 0 Å². The lowest BCUT2D eigenvalue weighted by atomic mass is 9.87. The van der Waals surface area contributed by atoms with Crippen LogP contribution < -0.4 is 10.6 Å². The van der Waals surface area contributed by atoms with Gasteiger partial charge in [-0.15, -0.1) is 0 Å². The molecule has 2 unspecified atom stereocenters. The molecule has 0 amide bonds. The molecule has 18 heavy (non-hydrogen) atoms. The second kappa shape index (κ2) is 5.00. The van der Waals surface area contributed by atoms with Crippen LogP contribution in [0.5, 0.6) is 0 Å². The van der Waals surface area contributed by atoms with Gasteiger partial charge in [0, 0.05) is 24.6 Å². The standard InChI is InChI=1S/C10H15F3N4S/c1-6-2-3-17(5-7(6)4-14)9-15-8(16-18-9)10(11,12)13/h6-7H,2-5,14H2,1H3. The average Bonchev–Trinajstić information content (AvgIpc) is 2.78. The van der Waals surface area contributed by atoms with Crippen molar-refractivity contribution in [3.8, 4) is 0 Å². The van der Waals surface area contributed by atoms with E-state index < -0.39 is 12.0 Å². The van der Waals surface area contributed by atoms with Crippen LogP contribution in [-0.4, -0.2) is 29.0 Å². The van der Waals surface area contributed by atoms with Crippen molar-refractivity contribution in [3.05, 3.63) is 5.82 Å². The molecule has 2 heterocycles. The molecule has 1 aliphatic heterocycles. The van der Waals surface area contributed by atoms with Gasteiger partial charge in [-0.1, -0.05) is 6.92 Å². The number of piperidine rings is 1. The summed E-state index contributed by atoms with van der Waals surface area (Å²) in [6, 6.07) is 0. The van der Waals surface area contributed by atoms with Crippen LogP contribution >= 0.6 is 11.5 Å². The summed E-state index contributed by atoms with van der Waals surface area (Å²) in [5, 5.41) is 0.340. The highest BCUT2D eigenvalue weighted by atomic mass is 32.1. The van der Waals surface area contributed by atoms with Gasteiger partial charge >= 0.3 is 6.18 Å². The zero-order chi connectivity index (χ0) is 13.3. The van der Waals surface area contributed by atoms with Crippen molar-refractivity contribution in [1.82, 2.24) is 9.36 Å². The zero-order valence-electron chi connectivity index (χ0n) is 9.94. The Labute approximate surface area is 107 Å². The van der Waals surface area contributed by atoms with Gasteiger partial charge in [0.05, 0.1) is 0 Å². The predicted molar refractivity (Wildman–Crippen MR) is 63.4 cm³/mol. The Kier molecular flexibility index (Phi) is 3.76. The summed E-state index contributed by atoms with van der Waals surface area (Å²) in [4.78, 5) is 5.42. The maximum absolute atomic E-state index is 12.4. The molecule has 0 aromatic carbocycles. The first-order valence-corrected chi connectivity index (χ1v) is 6.55. The van der Waals surface area contributed by atoms with Crippen LogP contribution in [0, 0.1) is 11.8 Å². The van der Waals surface area contributed by atoms with Crippen LogP contribution in [0.1, 0.15) is 19.2 Å². The number of aromatic nitrogens is 2. The normalized spacial score (nSPS) is 25.5. The lowest BCUT2D eigenvalue weighted by molar-refractivity contribution is -0.144. The number of rotatable bonds is 2. The largest absolute Gasteiger partial charge is 0.452 e. The minimum absolute atomic E-state index is 0.303. The van der Waals surface area contributed by atoms with E-state index in [2.05, 4.69) is 16.3 Å². The molecular weight excluding hydrogens is 265 g/mol. The molecule has 2 rings (SSSR count). The van der Waals surface area contributed by atoms with Crippen LogP contribution in [0.4, 0.5) is 18.3 Å². The summed E-state index contributed by atoms with van der Waals surface area (Å²) >= 11 is 0.801. The van der Waals surface area contributed by atoms with Crippen molar-refractivity contribution in [3.63, 3.8) is 0 Å². The summed E-state index contributed by atoms with van der Waals surface area (Å²) in [6.07, 6.45) is -3.55. The molecule has 2 atom stereocenters. The van der Waals surface area contributed by atoms with Crippen molar-refractivity contribution >= 4 is 16.7 Å². The maximum Gasteiger partial charge on any atom is 0.452 e. The molecule has 4 nitrogen and oxygen atoms in total. The van der Waals surface area contributed by atoms with Crippen molar-refractivity contribution in [2.75, 3.05) is 24.5 Å². The smallest absolute Gasteiger partial charge is 0.347 e. The van der Waals surface area contributed by atoms with E-state index in [1.54, 1.807) is 0 Å². The number of hydrogen-bond acceptors (Lipinski definition) is 5. The summed E-state index contributed by atoms with van der Waals surface area (Å²) in [7, 11) is 0. The Morgan fingerprint density at radius 1 is 1.50 bits per heavy atom. The SMILES string of the molecule is CC1CCN(c2nc(C(F)(F)F)ns2)CC1CN. The number of alkyl halides is 3. The summed E-state index contributed by atoms with van der Waals surface area (Å²) < 4.78 is 40.6. The summed E-state index contributed by atoms with van der Waals surface area (Å²) in [6.45, 7) is 4.03. The predicted octanol–water partition coefficient (Wildman–Crippen LogP) is 1.98. The highest BCUT2D eigenvalue weighted by Gasteiger charge is 2.37. The van der Waals surface area contributed by atoms with Gasteiger partial charge < -0.3 is 10.6 Å². The molecule has 2 N–H and O–H groups in total. The topological polar surface area (TPSA) is 55.0 Å². The fourth-order valence-corrected chi connectivity index (χ4v) is 2.81. The minimum atomic E-state index is -4.47. The van der Waals surface area contributed by atoms with Gasteiger partial charge in [0.1, 0.15) is 0 Å². The van der Waals surface area contributed by atoms with Crippen molar-refractivity contribution < 1.29 is 13.2 Å². The average molecular weight is 280 g/mol. The van der Waals surface area contributed by atoms with E-state index in [9.17, 15) is 13.2 Å². The Morgan fingerprint density at radius 3 is 2.78 bits per heavy atom. The van der Waals surface area contributed by atoms with Gasteiger partial charge in [0.2, 0.25) is 11.0 Å². The van der Waals surface area contributed by atoms with Gasteiger partial charge in [0.15, 0.2) is 0 Å². The van der Waals surface area contributed by atoms with Crippen LogP contribution in [0.2, 0.25) is 0 Å². The Balaban J connectivity index is 2.10. The van der Waals surface area contributed by atoms with Gasteiger partial charge in [-0.25, -0.2) is 0 Å². The third-order valence-corrected chi connectivity index (χ3v) is 4.13. The third kappa shape index (κ3) is 2.74. The molecule has 1 aromatic heterocycles. The fraction of sp³-hybridized carbons (Fsp3) is 0.800. The molecular formula is C10H15F3N4S. The molecule has 8 heteroatoms. The van der Waals surface area contributed by atoms with E-state index in [4.69, 9.17) is 5.73 Å². The number of hydrogen-bond donors (Lipinski definition) is 1. The molecule has 0 spiro atoms. The van der Waals surface area contributed by atoms with Gasteiger partial charge in [-0.3, -0.25) is 0 Å². The van der Waals surface area contributed by atoms with Crippen molar-refractivity contribution in [2.24, 2.45) is 17.6 Å². The highest BCUT2D eigenvalue weighted by molar-refractivity contribution is 7.09. The number of nitrogens with two attached hydrogens (primary N) is 1. The van der Waals surface area contributed by atoms with Gasteiger partial charge in [0.25, 0.3) is 0 Å². The molecule has 0 saturated carbocycles. The van der Waals surface area contributed by atoms with Crippen molar-refractivity contribution in [2.45, 2.75) is 19.5 Å². The van der Waals surface area contributed by atoms with E-state index in [0.29, 0.717) is 36.6 Å². The fourth-order valence-electron chi connectivity index (χ4n) is 2.09. The number of anilines is 1. The molecule has 1 saturated heterocycles. The second-order valence-electron chi connectivity index (χ2n) is 4.61. The molecule has 0 bridgehead atoms. The first-order chi connectivity index (χ1) is 8.41.